The highest BCUT2D eigenvalue weighted by atomic mass is 35.5. The van der Waals surface area contributed by atoms with Gasteiger partial charge in [-0.05, 0) is 0 Å². The van der Waals surface area contributed by atoms with Crippen molar-refractivity contribution in [3.05, 3.63) is 80.4 Å². The number of rotatable bonds is 4. The molecule has 3 amide bonds. The molecule has 0 saturated carbocycles. The zero-order valence-corrected chi connectivity index (χ0v) is 21.6. The molecule has 24 heteroatoms. The fourth-order valence-electron chi connectivity index (χ4n) is 3.86. The van der Waals surface area contributed by atoms with Gasteiger partial charge in [-0.2, -0.15) is 26.3 Å². The van der Waals surface area contributed by atoms with E-state index in [9.17, 15) is 84.7 Å². The van der Waals surface area contributed by atoms with E-state index in [1.54, 1.807) is 0 Å². The standard InChI is InChI=1S/C23ClF17N2O4/c24-4-8(28)7(27)3(19(44)47-18-15(35)13(33)12(32)14(34)16(18)36)1(2-5(25)9(29)11(31)10(30)6(2)26)17(4)42-21(46)43(41)20(45)22(37,38)23(42,39)40. The first-order chi connectivity index (χ1) is 21.5. The highest BCUT2D eigenvalue weighted by molar-refractivity contribution is 6.35. The van der Waals surface area contributed by atoms with Crippen LogP contribution >= 0.6 is 11.6 Å². The number of ether oxygens (including phenoxy) is 1. The van der Waals surface area contributed by atoms with Gasteiger partial charge in [0.05, 0.1) is 11.3 Å². The van der Waals surface area contributed by atoms with Crippen LogP contribution in [0.4, 0.5) is 85.2 Å². The Morgan fingerprint density at radius 2 is 1.00 bits per heavy atom. The van der Waals surface area contributed by atoms with E-state index >= 15 is 4.39 Å². The number of carbonyl (C=O) groups excluding carboxylic acids is 3. The van der Waals surface area contributed by atoms with E-state index in [0.717, 1.165) is 0 Å². The van der Waals surface area contributed by atoms with Crippen LogP contribution in [0.3, 0.4) is 0 Å². The fraction of sp³-hybridized carbons (Fsp3) is 0.0870. The molecule has 0 bridgehead atoms. The van der Waals surface area contributed by atoms with E-state index in [0.29, 0.717) is 0 Å². The Morgan fingerprint density at radius 1 is 0.596 bits per heavy atom. The molecule has 0 aliphatic carbocycles. The number of benzene rings is 3. The molecule has 0 radical (unpaired) electrons. The topological polar surface area (TPSA) is 66.9 Å². The second kappa shape index (κ2) is 11.2. The molecule has 1 aliphatic rings. The van der Waals surface area contributed by atoms with E-state index in [1.807, 2.05) is 0 Å². The van der Waals surface area contributed by atoms with Gasteiger partial charge < -0.3 is 4.74 Å². The maximum Gasteiger partial charge on any atom is 0.409 e. The Morgan fingerprint density at radius 3 is 1.45 bits per heavy atom. The molecule has 4 rings (SSSR count). The summed E-state index contributed by atoms with van der Waals surface area (Å²) in [6.07, 6.45) is 0. The maximum atomic E-state index is 15.2. The average Bonchev–Trinajstić information content (AvgIpc) is 3.01. The van der Waals surface area contributed by atoms with Gasteiger partial charge in [0.1, 0.15) is 10.6 Å². The molecule has 3 aromatic rings. The number of alkyl halides is 4. The van der Waals surface area contributed by atoms with Crippen LogP contribution in [-0.2, 0) is 4.79 Å². The summed E-state index contributed by atoms with van der Waals surface area (Å²) < 4.78 is 247. The maximum absolute atomic E-state index is 15.2. The molecule has 47 heavy (non-hydrogen) atoms. The van der Waals surface area contributed by atoms with Crippen LogP contribution in [0, 0.1) is 69.8 Å². The van der Waals surface area contributed by atoms with Crippen molar-refractivity contribution in [2.24, 2.45) is 0 Å². The van der Waals surface area contributed by atoms with E-state index < -0.39 is 143 Å². The molecule has 6 nitrogen and oxygen atoms in total. The van der Waals surface area contributed by atoms with Crippen LogP contribution in [0.25, 0.3) is 11.1 Å². The molecule has 252 valence electrons. The molecule has 0 N–H and O–H groups in total. The first-order valence-electron chi connectivity index (χ1n) is 11.0. The van der Waals surface area contributed by atoms with E-state index in [4.69, 9.17) is 11.6 Å². The van der Waals surface area contributed by atoms with Gasteiger partial charge in [0.15, 0.2) is 34.9 Å². The molecule has 1 heterocycles. The first-order valence-corrected chi connectivity index (χ1v) is 11.4. The van der Waals surface area contributed by atoms with Crippen LogP contribution in [0.1, 0.15) is 10.4 Å². The Kier molecular flexibility index (Phi) is 8.31. The molecule has 0 unspecified atom stereocenters. The lowest BCUT2D eigenvalue weighted by Crippen LogP contribution is -2.70. The highest BCUT2D eigenvalue weighted by Crippen LogP contribution is 2.53. The van der Waals surface area contributed by atoms with Gasteiger partial charge in [0.25, 0.3) is 0 Å². The number of hydrogen-bond acceptors (Lipinski definition) is 4. The minimum atomic E-state index is -6.65. The minimum absolute atomic E-state index is 2.22. The minimum Gasteiger partial charge on any atom is -0.416 e. The monoisotopic (exact) mass is 726 g/mol. The number of urea groups is 1. The number of hydrogen-bond donors (Lipinski definition) is 0. The van der Waals surface area contributed by atoms with Crippen LogP contribution in [0.2, 0.25) is 5.02 Å². The van der Waals surface area contributed by atoms with Crippen LogP contribution in [-0.4, -0.2) is 35.0 Å². The predicted molar refractivity (Wildman–Crippen MR) is 114 cm³/mol. The Bertz CT molecular complexity index is 1900. The Balaban J connectivity index is 2.25. The number of amides is 3. The van der Waals surface area contributed by atoms with Crippen molar-refractivity contribution in [2.45, 2.75) is 12.0 Å². The zero-order valence-electron chi connectivity index (χ0n) is 20.8. The molecule has 0 aromatic heterocycles. The number of carbonyl (C=O) groups is 3. The van der Waals surface area contributed by atoms with Crippen molar-refractivity contribution in [3.63, 3.8) is 0 Å². The van der Waals surface area contributed by atoms with Gasteiger partial charge in [0, 0.05) is 5.56 Å². The Labute approximate surface area is 249 Å². The van der Waals surface area contributed by atoms with Crippen LogP contribution in [0.15, 0.2) is 0 Å². The van der Waals surface area contributed by atoms with Crippen molar-refractivity contribution in [1.82, 2.24) is 5.12 Å². The second-order valence-electron chi connectivity index (χ2n) is 8.59. The molecular weight excluding hydrogens is 727 g/mol. The van der Waals surface area contributed by atoms with E-state index in [2.05, 4.69) is 4.74 Å². The third-order valence-electron chi connectivity index (χ3n) is 6.02. The molecule has 1 aliphatic heterocycles. The average molecular weight is 727 g/mol. The molecule has 0 atom stereocenters. The summed E-state index contributed by atoms with van der Waals surface area (Å²) in [7, 11) is 0. The summed E-state index contributed by atoms with van der Waals surface area (Å²) in [5, 5.41) is -5.05. The summed E-state index contributed by atoms with van der Waals surface area (Å²) in [6.45, 7) is 0. The molecule has 1 saturated heterocycles. The summed E-state index contributed by atoms with van der Waals surface area (Å²) in [5.41, 5.74) is -12.0. The summed E-state index contributed by atoms with van der Waals surface area (Å²) >= 11 is 5.29. The number of esters is 1. The van der Waals surface area contributed by atoms with Crippen molar-refractivity contribution in [2.75, 3.05) is 4.90 Å². The SMILES string of the molecule is O=C(Oc1c(F)c(F)c(F)c(F)c1F)c1c(F)c(F)c(Cl)c(N2C(=O)N(F)C(=O)C(F)(F)C2(F)F)c1-c1c(F)c(F)c(F)c(F)c1F. The normalized spacial score (nSPS) is 15.9. The number of anilines is 1. The predicted octanol–water partition coefficient (Wildman–Crippen LogP) is 7.78. The lowest BCUT2D eigenvalue weighted by atomic mass is 9.93. The lowest BCUT2D eigenvalue weighted by molar-refractivity contribution is -0.231. The van der Waals surface area contributed by atoms with Gasteiger partial charge in [-0.25, -0.2) is 58.4 Å². The van der Waals surface area contributed by atoms with Crippen LogP contribution in [0.5, 0.6) is 5.75 Å². The van der Waals surface area contributed by atoms with E-state index in [-0.39, 0.29) is 0 Å². The first kappa shape index (κ1) is 35.0. The van der Waals surface area contributed by atoms with E-state index in [1.165, 1.54) is 0 Å². The number of nitrogens with zero attached hydrogens (tertiary/aromatic N) is 2. The molecule has 1 fully saturated rings. The molecule has 0 spiro atoms. The third kappa shape index (κ3) is 4.68. The Hall–Kier alpha value is -4.83. The summed E-state index contributed by atoms with van der Waals surface area (Å²) in [6, 6.07) is -10.1. The second-order valence-corrected chi connectivity index (χ2v) is 8.97. The summed E-state index contributed by atoms with van der Waals surface area (Å²) in [5.74, 6) is -53.9. The van der Waals surface area contributed by atoms with Crippen molar-refractivity contribution in [3.8, 4) is 16.9 Å². The quantitative estimate of drug-likeness (QED) is 0.0525. The van der Waals surface area contributed by atoms with Gasteiger partial charge in [0.2, 0.25) is 40.7 Å². The summed E-state index contributed by atoms with van der Waals surface area (Å²) in [4.78, 5) is 34.4. The zero-order chi connectivity index (χ0) is 36.0. The molecular formula is C23ClF17N2O4. The van der Waals surface area contributed by atoms with Gasteiger partial charge >= 0.3 is 29.9 Å². The highest BCUT2D eigenvalue weighted by Gasteiger charge is 2.74. The van der Waals surface area contributed by atoms with Gasteiger partial charge in [-0.15, -0.1) is 0 Å². The third-order valence-corrected chi connectivity index (χ3v) is 6.36. The largest absolute Gasteiger partial charge is 0.416 e. The smallest absolute Gasteiger partial charge is 0.409 e. The van der Waals surface area contributed by atoms with Gasteiger partial charge in [-0.1, -0.05) is 21.2 Å². The number of halogens is 18. The van der Waals surface area contributed by atoms with Crippen molar-refractivity contribution < 1.29 is 93.8 Å². The fourth-order valence-corrected chi connectivity index (χ4v) is 4.12. The lowest BCUT2D eigenvalue weighted by Gasteiger charge is -2.41. The van der Waals surface area contributed by atoms with Crippen molar-refractivity contribution >= 4 is 35.2 Å². The number of imide groups is 1. The van der Waals surface area contributed by atoms with Crippen LogP contribution < -0.4 is 9.64 Å². The van der Waals surface area contributed by atoms with Gasteiger partial charge in [-0.3, -0.25) is 4.79 Å². The van der Waals surface area contributed by atoms with Crippen molar-refractivity contribution in [1.29, 1.82) is 0 Å². The molecule has 3 aromatic carbocycles.